The molecule has 2 aliphatic heterocycles. The number of likely N-dealkylation sites (tertiary alicyclic amines) is 1. The van der Waals surface area contributed by atoms with E-state index in [1.807, 2.05) is 59.2 Å². The Kier molecular flexibility index (Phi) is 7.40. The van der Waals surface area contributed by atoms with E-state index in [9.17, 15) is 14.4 Å². The van der Waals surface area contributed by atoms with Gasteiger partial charge in [-0.15, -0.1) is 0 Å². The summed E-state index contributed by atoms with van der Waals surface area (Å²) in [5.74, 6) is -0.177. The molecule has 33 heavy (non-hydrogen) atoms. The van der Waals surface area contributed by atoms with Crippen LogP contribution in [0.25, 0.3) is 0 Å². The summed E-state index contributed by atoms with van der Waals surface area (Å²) in [5.41, 5.74) is 3.14. The largest absolute Gasteiger partial charge is 0.342 e. The molecule has 0 radical (unpaired) electrons. The summed E-state index contributed by atoms with van der Waals surface area (Å²) in [6.07, 6.45) is 1.10. The maximum Gasteiger partial charge on any atom is 0.238 e. The van der Waals surface area contributed by atoms with Gasteiger partial charge in [-0.2, -0.15) is 0 Å². The summed E-state index contributed by atoms with van der Waals surface area (Å²) < 4.78 is 0. The quantitative estimate of drug-likeness (QED) is 0.705. The predicted octanol–water partition coefficient (Wildman–Crippen LogP) is 2.17. The summed E-state index contributed by atoms with van der Waals surface area (Å²) in [6.45, 7) is 5.97. The molecule has 2 aromatic carbocycles. The van der Waals surface area contributed by atoms with Crippen molar-refractivity contribution in [1.82, 2.24) is 14.7 Å². The number of hydrogen-bond acceptors (Lipinski definition) is 4. The third-order valence-electron chi connectivity index (χ3n) is 6.46. The number of benzene rings is 2. The molecular weight excluding hydrogens is 416 g/mol. The first-order valence-electron chi connectivity index (χ1n) is 11.7. The van der Waals surface area contributed by atoms with E-state index in [1.54, 1.807) is 0 Å². The van der Waals surface area contributed by atoms with Gasteiger partial charge in [0, 0.05) is 51.4 Å². The van der Waals surface area contributed by atoms with Crippen LogP contribution in [0.5, 0.6) is 0 Å². The first-order valence-corrected chi connectivity index (χ1v) is 11.7. The van der Waals surface area contributed by atoms with E-state index in [-0.39, 0.29) is 23.6 Å². The topological polar surface area (TPSA) is 73.0 Å². The molecule has 3 amide bonds. The SMILES string of the molecule is Cc1ccc(NC(=O)CN2CCN(C(=O)C3CC(=O)N(CCc4ccccc4)C3)CC2)cc1. The molecule has 2 fully saturated rings. The zero-order chi connectivity index (χ0) is 23.2. The van der Waals surface area contributed by atoms with Gasteiger partial charge < -0.3 is 15.1 Å². The molecule has 1 N–H and O–H groups in total. The summed E-state index contributed by atoms with van der Waals surface area (Å²) in [5, 5.41) is 2.92. The minimum atomic E-state index is -0.260. The van der Waals surface area contributed by atoms with E-state index in [4.69, 9.17) is 0 Å². The molecule has 2 heterocycles. The number of carbonyl (C=O) groups excluding carboxylic acids is 3. The van der Waals surface area contributed by atoms with Gasteiger partial charge in [-0.25, -0.2) is 0 Å². The molecule has 1 unspecified atom stereocenters. The molecule has 0 saturated carbocycles. The van der Waals surface area contributed by atoms with E-state index in [1.165, 1.54) is 5.56 Å². The molecule has 7 nitrogen and oxygen atoms in total. The van der Waals surface area contributed by atoms with Crippen molar-refractivity contribution in [3.63, 3.8) is 0 Å². The number of amides is 3. The predicted molar refractivity (Wildman–Crippen MR) is 128 cm³/mol. The second-order valence-corrected chi connectivity index (χ2v) is 8.99. The number of anilines is 1. The first-order chi connectivity index (χ1) is 16.0. The number of piperazine rings is 1. The van der Waals surface area contributed by atoms with Crippen LogP contribution in [0, 0.1) is 12.8 Å². The van der Waals surface area contributed by atoms with Crippen molar-refractivity contribution >= 4 is 23.4 Å². The standard InChI is InChI=1S/C26H32N4O3/c1-20-7-9-23(10-8-20)27-24(31)19-28-13-15-29(16-14-28)26(33)22-17-25(32)30(18-22)12-11-21-5-3-2-4-6-21/h2-10,22H,11-19H2,1H3,(H,27,31). The van der Waals surface area contributed by atoms with Crippen molar-refractivity contribution in [2.45, 2.75) is 19.8 Å². The highest BCUT2D eigenvalue weighted by Crippen LogP contribution is 2.21. The van der Waals surface area contributed by atoms with Crippen molar-refractivity contribution in [3.8, 4) is 0 Å². The number of aryl methyl sites for hydroxylation is 1. The van der Waals surface area contributed by atoms with Crippen molar-refractivity contribution in [2.24, 2.45) is 5.92 Å². The molecule has 0 aliphatic carbocycles. The normalized spacial score (nSPS) is 19.1. The maximum absolute atomic E-state index is 13.0. The Balaban J connectivity index is 1.20. The molecule has 0 bridgehead atoms. The molecule has 2 aromatic rings. The average Bonchev–Trinajstić information content (AvgIpc) is 3.20. The molecule has 2 saturated heterocycles. The van der Waals surface area contributed by atoms with Gasteiger partial charge in [-0.05, 0) is 31.0 Å². The Morgan fingerprint density at radius 2 is 1.67 bits per heavy atom. The van der Waals surface area contributed by atoms with Crippen molar-refractivity contribution in [3.05, 3.63) is 65.7 Å². The van der Waals surface area contributed by atoms with Gasteiger partial charge in [-0.3, -0.25) is 19.3 Å². The van der Waals surface area contributed by atoms with Gasteiger partial charge in [0.25, 0.3) is 0 Å². The summed E-state index contributed by atoms with van der Waals surface area (Å²) >= 11 is 0. The van der Waals surface area contributed by atoms with E-state index >= 15 is 0 Å². The lowest BCUT2D eigenvalue weighted by Gasteiger charge is -2.35. The van der Waals surface area contributed by atoms with Crippen LogP contribution in [0.2, 0.25) is 0 Å². The minimum Gasteiger partial charge on any atom is -0.342 e. The summed E-state index contributed by atoms with van der Waals surface area (Å²) in [6, 6.07) is 17.8. The Hall–Kier alpha value is -3.19. The lowest BCUT2D eigenvalue weighted by Crippen LogP contribution is -2.52. The molecule has 2 aliphatic rings. The smallest absolute Gasteiger partial charge is 0.238 e. The van der Waals surface area contributed by atoms with Crippen LogP contribution in [0.15, 0.2) is 54.6 Å². The van der Waals surface area contributed by atoms with E-state index < -0.39 is 0 Å². The highest BCUT2D eigenvalue weighted by molar-refractivity contribution is 5.92. The summed E-state index contributed by atoms with van der Waals surface area (Å²) in [4.78, 5) is 43.5. The summed E-state index contributed by atoms with van der Waals surface area (Å²) in [7, 11) is 0. The zero-order valence-electron chi connectivity index (χ0n) is 19.2. The molecule has 0 aromatic heterocycles. The van der Waals surface area contributed by atoms with Crippen molar-refractivity contribution < 1.29 is 14.4 Å². The van der Waals surface area contributed by atoms with Crippen molar-refractivity contribution in [1.29, 1.82) is 0 Å². The molecule has 0 spiro atoms. The highest BCUT2D eigenvalue weighted by atomic mass is 16.2. The van der Waals surface area contributed by atoms with E-state index in [2.05, 4.69) is 22.3 Å². The second kappa shape index (κ2) is 10.6. The minimum absolute atomic E-state index is 0.0472. The molecule has 4 rings (SSSR count). The Labute approximate surface area is 195 Å². The van der Waals surface area contributed by atoms with Crippen LogP contribution in [0.4, 0.5) is 5.69 Å². The van der Waals surface area contributed by atoms with E-state index in [0.29, 0.717) is 52.2 Å². The average molecular weight is 449 g/mol. The van der Waals surface area contributed by atoms with Gasteiger partial charge in [0.05, 0.1) is 12.5 Å². The number of carbonyl (C=O) groups is 3. The fourth-order valence-corrected chi connectivity index (χ4v) is 4.49. The van der Waals surface area contributed by atoms with Crippen molar-refractivity contribution in [2.75, 3.05) is 51.1 Å². The molecule has 1 atom stereocenters. The molecular formula is C26H32N4O3. The van der Waals surface area contributed by atoms with Gasteiger partial charge in [0.1, 0.15) is 0 Å². The molecule has 174 valence electrons. The van der Waals surface area contributed by atoms with Crippen LogP contribution in [0.1, 0.15) is 17.5 Å². The van der Waals surface area contributed by atoms with Gasteiger partial charge in [-0.1, -0.05) is 48.0 Å². The lowest BCUT2D eigenvalue weighted by molar-refractivity contribution is -0.137. The first kappa shape index (κ1) is 23.0. The van der Waals surface area contributed by atoms with Crippen LogP contribution in [0.3, 0.4) is 0 Å². The number of nitrogens with zero attached hydrogens (tertiary/aromatic N) is 3. The highest BCUT2D eigenvalue weighted by Gasteiger charge is 2.37. The molecule has 7 heteroatoms. The fraction of sp³-hybridized carbons (Fsp3) is 0.423. The number of nitrogens with one attached hydrogen (secondary N) is 1. The number of rotatable bonds is 7. The zero-order valence-corrected chi connectivity index (χ0v) is 19.2. The van der Waals surface area contributed by atoms with Crippen LogP contribution in [-0.2, 0) is 20.8 Å². The third kappa shape index (κ3) is 6.20. The van der Waals surface area contributed by atoms with Gasteiger partial charge in [0.15, 0.2) is 0 Å². The van der Waals surface area contributed by atoms with Crippen LogP contribution < -0.4 is 5.32 Å². The van der Waals surface area contributed by atoms with Gasteiger partial charge >= 0.3 is 0 Å². The third-order valence-corrected chi connectivity index (χ3v) is 6.46. The Morgan fingerprint density at radius 3 is 2.36 bits per heavy atom. The lowest BCUT2D eigenvalue weighted by atomic mass is 10.1. The van der Waals surface area contributed by atoms with Gasteiger partial charge in [0.2, 0.25) is 17.7 Å². The Morgan fingerprint density at radius 1 is 0.970 bits per heavy atom. The maximum atomic E-state index is 13.0. The van der Waals surface area contributed by atoms with Crippen LogP contribution in [-0.4, -0.2) is 78.2 Å². The van der Waals surface area contributed by atoms with E-state index in [0.717, 1.165) is 17.7 Å². The fourth-order valence-electron chi connectivity index (χ4n) is 4.49. The van der Waals surface area contributed by atoms with Crippen LogP contribution >= 0.6 is 0 Å². The monoisotopic (exact) mass is 448 g/mol. The number of hydrogen-bond donors (Lipinski definition) is 1. The Bertz CT molecular complexity index is 969. The second-order valence-electron chi connectivity index (χ2n) is 8.99.